The molecule has 0 radical (unpaired) electrons. The summed E-state index contributed by atoms with van der Waals surface area (Å²) >= 11 is 6.08. The normalized spacial score (nSPS) is 14.7. The fraction of sp³-hybridized carbons (Fsp3) is 0.200. The molecule has 0 aromatic heterocycles. The van der Waals surface area contributed by atoms with E-state index in [9.17, 15) is 14.0 Å². The Kier molecular flexibility index (Phi) is 5.76. The van der Waals surface area contributed by atoms with E-state index in [1.165, 1.54) is 30.2 Å². The fourth-order valence-corrected chi connectivity index (χ4v) is 2.98. The maximum atomic E-state index is 13.1. The molecule has 140 valence electrons. The van der Waals surface area contributed by atoms with Gasteiger partial charge >= 0.3 is 5.97 Å². The van der Waals surface area contributed by atoms with Gasteiger partial charge < -0.3 is 14.4 Å². The molecule has 0 saturated heterocycles. The summed E-state index contributed by atoms with van der Waals surface area (Å²) in [7, 11) is 1.26. The number of hydrogen-bond donors (Lipinski definition) is 0. The monoisotopic (exact) mass is 389 g/mol. The minimum atomic E-state index is -0.850. The largest absolute Gasteiger partial charge is 0.467 e. The third-order valence-electron chi connectivity index (χ3n) is 4.16. The van der Waals surface area contributed by atoms with Crippen molar-refractivity contribution in [3.8, 4) is 5.75 Å². The van der Waals surface area contributed by atoms with Crippen LogP contribution in [0.2, 0.25) is 5.02 Å². The van der Waals surface area contributed by atoms with Gasteiger partial charge in [0.1, 0.15) is 23.4 Å². The Balaban J connectivity index is 1.76. The van der Waals surface area contributed by atoms with Crippen LogP contribution in [0.5, 0.6) is 5.75 Å². The topological polar surface area (TPSA) is 55.8 Å². The maximum absolute atomic E-state index is 13.1. The lowest BCUT2D eigenvalue weighted by Crippen LogP contribution is -2.44. The number of nitrogens with zero attached hydrogens (tertiary/aromatic N) is 1. The Bertz CT molecular complexity index is 882. The van der Waals surface area contributed by atoms with Crippen molar-refractivity contribution in [3.05, 3.63) is 76.8 Å². The SMILES string of the molecule is COC(=O)[C@H](Cc1ccc(F)cc1)N1CC(Oc2ccccc2Cl)=CC1=O. The predicted octanol–water partition coefficient (Wildman–Crippen LogP) is 3.37. The summed E-state index contributed by atoms with van der Waals surface area (Å²) in [6.07, 6.45) is 1.52. The van der Waals surface area contributed by atoms with Crippen LogP contribution >= 0.6 is 11.6 Å². The number of halogens is 2. The van der Waals surface area contributed by atoms with Gasteiger partial charge in [-0.25, -0.2) is 9.18 Å². The number of carbonyl (C=O) groups excluding carboxylic acids is 2. The highest BCUT2D eigenvalue weighted by Crippen LogP contribution is 2.27. The molecule has 1 amide bonds. The fourth-order valence-electron chi connectivity index (χ4n) is 2.81. The molecule has 2 aromatic carbocycles. The van der Waals surface area contributed by atoms with E-state index in [4.69, 9.17) is 21.1 Å². The van der Waals surface area contributed by atoms with Crippen molar-refractivity contribution in [2.45, 2.75) is 12.5 Å². The summed E-state index contributed by atoms with van der Waals surface area (Å²) in [6, 6.07) is 11.8. The second-order valence-electron chi connectivity index (χ2n) is 5.98. The number of amides is 1. The lowest BCUT2D eigenvalue weighted by Gasteiger charge is -2.26. The zero-order valence-electron chi connectivity index (χ0n) is 14.5. The molecule has 0 N–H and O–H groups in total. The van der Waals surface area contributed by atoms with E-state index in [-0.39, 0.29) is 24.7 Å². The Labute approximate surface area is 160 Å². The molecule has 1 aliphatic rings. The van der Waals surface area contributed by atoms with Crippen LogP contribution in [-0.4, -0.2) is 36.5 Å². The van der Waals surface area contributed by atoms with E-state index in [0.717, 1.165) is 0 Å². The predicted molar refractivity (Wildman–Crippen MR) is 97.8 cm³/mol. The van der Waals surface area contributed by atoms with Gasteiger partial charge in [0.05, 0.1) is 18.7 Å². The molecule has 3 rings (SSSR count). The summed E-state index contributed by atoms with van der Waals surface area (Å²) in [6.45, 7) is 0.102. The standard InChI is InChI=1S/C20H17ClFNO4/c1-26-20(25)17(10-13-6-8-14(22)9-7-13)23-12-15(11-19(23)24)27-18-5-3-2-4-16(18)21/h2-9,11,17H,10,12H2,1H3/t17-/m0/s1. The van der Waals surface area contributed by atoms with E-state index in [1.54, 1.807) is 36.4 Å². The minimum absolute atomic E-state index is 0.102. The molecule has 0 bridgehead atoms. The van der Waals surface area contributed by atoms with Crippen LogP contribution in [0.15, 0.2) is 60.4 Å². The van der Waals surface area contributed by atoms with E-state index in [0.29, 0.717) is 22.1 Å². The molecule has 1 heterocycles. The Morgan fingerprint density at radius 3 is 2.59 bits per heavy atom. The highest BCUT2D eigenvalue weighted by molar-refractivity contribution is 6.32. The Morgan fingerprint density at radius 2 is 1.93 bits per heavy atom. The molecule has 1 atom stereocenters. The molecule has 27 heavy (non-hydrogen) atoms. The first kappa shape index (κ1) is 18.9. The van der Waals surface area contributed by atoms with Gasteiger partial charge in [0, 0.05) is 12.5 Å². The van der Waals surface area contributed by atoms with Crippen molar-refractivity contribution in [1.82, 2.24) is 4.90 Å². The number of benzene rings is 2. The maximum Gasteiger partial charge on any atom is 0.328 e. The zero-order valence-corrected chi connectivity index (χ0v) is 15.3. The van der Waals surface area contributed by atoms with Crippen LogP contribution in [0.4, 0.5) is 4.39 Å². The Hall–Kier alpha value is -2.86. The second-order valence-corrected chi connectivity index (χ2v) is 6.39. The second kappa shape index (κ2) is 8.22. The van der Waals surface area contributed by atoms with E-state index in [1.807, 2.05) is 0 Å². The minimum Gasteiger partial charge on any atom is -0.467 e. The molecule has 0 fully saturated rings. The first-order valence-corrected chi connectivity index (χ1v) is 8.61. The third-order valence-corrected chi connectivity index (χ3v) is 4.48. The van der Waals surface area contributed by atoms with Gasteiger partial charge in [0.2, 0.25) is 0 Å². The highest BCUT2D eigenvalue weighted by atomic mass is 35.5. The van der Waals surface area contributed by atoms with Crippen molar-refractivity contribution in [2.75, 3.05) is 13.7 Å². The molecule has 0 aliphatic carbocycles. The van der Waals surface area contributed by atoms with Gasteiger partial charge in [-0.3, -0.25) is 4.79 Å². The number of para-hydroxylation sites is 1. The van der Waals surface area contributed by atoms with Gasteiger partial charge in [-0.1, -0.05) is 35.9 Å². The van der Waals surface area contributed by atoms with E-state index in [2.05, 4.69) is 0 Å². The molecule has 0 unspecified atom stereocenters. The van der Waals surface area contributed by atoms with Crippen LogP contribution in [0, 0.1) is 5.82 Å². The van der Waals surface area contributed by atoms with Crippen molar-refractivity contribution in [2.24, 2.45) is 0 Å². The molecular weight excluding hydrogens is 373 g/mol. The van der Waals surface area contributed by atoms with E-state index < -0.39 is 12.0 Å². The average molecular weight is 390 g/mol. The van der Waals surface area contributed by atoms with Gasteiger partial charge in [0.15, 0.2) is 0 Å². The molecular formula is C20H17ClFNO4. The van der Waals surface area contributed by atoms with Crippen LogP contribution in [-0.2, 0) is 20.7 Å². The summed E-state index contributed by atoms with van der Waals surface area (Å²) in [5.41, 5.74) is 0.708. The number of hydrogen-bond acceptors (Lipinski definition) is 4. The van der Waals surface area contributed by atoms with Crippen molar-refractivity contribution in [1.29, 1.82) is 0 Å². The number of ether oxygens (including phenoxy) is 2. The summed E-state index contributed by atoms with van der Waals surface area (Å²) < 4.78 is 23.7. The van der Waals surface area contributed by atoms with Crippen LogP contribution in [0.3, 0.4) is 0 Å². The van der Waals surface area contributed by atoms with Gasteiger partial charge in [0.25, 0.3) is 5.91 Å². The number of methoxy groups -OCH3 is 1. The first-order valence-electron chi connectivity index (χ1n) is 8.23. The summed E-state index contributed by atoms with van der Waals surface area (Å²) in [5.74, 6) is -0.494. The van der Waals surface area contributed by atoms with Crippen LogP contribution in [0.25, 0.3) is 0 Å². The first-order chi connectivity index (χ1) is 13.0. The number of esters is 1. The van der Waals surface area contributed by atoms with E-state index >= 15 is 0 Å². The summed E-state index contributed by atoms with van der Waals surface area (Å²) in [5, 5.41) is 0.417. The summed E-state index contributed by atoms with van der Waals surface area (Å²) in [4.78, 5) is 26.1. The number of carbonyl (C=O) groups is 2. The quantitative estimate of drug-likeness (QED) is 0.711. The molecule has 2 aromatic rings. The molecule has 5 nitrogen and oxygen atoms in total. The molecule has 7 heteroatoms. The van der Waals surface area contributed by atoms with Gasteiger partial charge in [-0.15, -0.1) is 0 Å². The van der Waals surface area contributed by atoms with Crippen molar-refractivity contribution in [3.63, 3.8) is 0 Å². The highest BCUT2D eigenvalue weighted by Gasteiger charge is 2.35. The van der Waals surface area contributed by atoms with Crippen LogP contribution in [0.1, 0.15) is 5.56 Å². The lowest BCUT2D eigenvalue weighted by molar-refractivity contribution is -0.150. The van der Waals surface area contributed by atoms with Gasteiger partial charge in [-0.05, 0) is 29.8 Å². The van der Waals surface area contributed by atoms with Crippen molar-refractivity contribution >= 4 is 23.5 Å². The molecule has 1 aliphatic heterocycles. The molecule has 0 saturated carbocycles. The Morgan fingerprint density at radius 1 is 1.22 bits per heavy atom. The third kappa shape index (κ3) is 4.46. The number of rotatable bonds is 6. The van der Waals surface area contributed by atoms with Crippen LogP contribution < -0.4 is 4.74 Å². The van der Waals surface area contributed by atoms with Gasteiger partial charge in [-0.2, -0.15) is 0 Å². The van der Waals surface area contributed by atoms with Crippen molar-refractivity contribution < 1.29 is 23.5 Å². The lowest BCUT2D eigenvalue weighted by atomic mass is 10.0. The molecule has 0 spiro atoms. The zero-order chi connectivity index (χ0) is 19.4. The average Bonchev–Trinajstić information content (AvgIpc) is 3.02. The smallest absolute Gasteiger partial charge is 0.328 e.